The number of amides is 1. The summed E-state index contributed by atoms with van der Waals surface area (Å²) in [6, 6.07) is 5.20. The van der Waals surface area contributed by atoms with Crippen LogP contribution in [0, 0.1) is 0 Å². The molecule has 1 rings (SSSR count). The van der Waals surface area contributed by atoms with Crippen molar-refractivity contribution in [1.29, 1.82) is 0 Å². The number of carbonyl (C=O) groups excluding carboxylic acids is 1. The van der Waals surface area contributed by atoms with Gasteiger partial charge in [-0.2, -0.15) is 0 Å². The van der Waals surface area contributed by atoms with E-state index in [9.17, 15) is 4.79 Å². The number of carbonyl (C=O) groups is 1. The summed E-state index contributed by atoms with van der Waals surface area (Å²) < 4.78 is 10.7. The summed E-state index contributed by atoms with van der Waals surface area (Å²) in [4.78, 5) is 13.2. The van der Waals surface area contributed by atoms with Crippen LogP contribution in [0.4, 0.5) is 0 Å². The van der Waals surface area contributed by atoms with Crippen LogP contribution in [0.5, 0.6) is 11.5 Å². The van der Waals surface area contributed by atoms with Crippen molar-refractivity contribution in [3.05, 3.63) is 23.8 Å². The van der Waals surface area contributed by atoms with E-state index in [4.69, 9.17) is 27.4 Å². The van der Waals surface area contributed by atoms with E-state index in [0.717, 1.165) is 0 Å². The zero-order chi connectivity index (χ0) is 14.4. The second kappa shape index (κ2) is 6.94. The van der Waals surface area contributed by atoms with Crippen molar-refractivity contribution in [2.75, 3.05) is 27.8 Å². The average molecular weight is 282 g/mol. The minimum absolute atomic E-state index is 0.0127. The molecule has 1 aromatic rings. The van der Waals surface area contributed by atoms with Gasteiger partial charge in [-0.15, -0.1) is 0 Å². The second-order valence-electron chi connectivity index (χ2n) is 4.12. The molecule has 1 amide bonds. The number of ether oxygens (including phenoxy) is 2. The fraction of sp³-hybridized carbons (Fsp3) is 0.385. The van der Waals surface area contributed by atoms with Crippen LogP contribution in [-0.4, -0.2) is 43.6 Å². The Kier molecular flexibility index (Phi) is 5.57. The van der Waals surface area contributed by atoms with E-state index in [2.05, 4.69) is 0 Å². The lowest BCUT2D eigenvalue weighted by atomic mass is 10.2. The van der Waals surface area contributed by atoms with E-state index in [0.29, 0.717) is 35.1 Å². The molecular formula is C13H18N2O3S. The molecule has 0 atom stereocenters. The van der Waals surface area contributed by atoms with Gasteiger partial charge in [0.05, 0.1) is 20.1 Å². The zero-order valence-corrected chi connectivity index (χ0v) is 12.1. The van der Waals surface area contributed by atoms with Crippen LogP contribution in [0.3, 0.4) is 0 Å². The van der Waals surface area contributed by atoms with E-state index in [-0.39, 0.29) is 5.91 Å². The number of methoxy groups -OCH3 is 1. The number of nitrogens with two attached hydrogens (primary N) is 1. The predicted octanol–water partition coefficient (Wildman–Crippen LogP) is 1.19. The molecule has 0 saturated carbocycles. The third-order valence-corrected chi connectivity index (χ3v) is 2.76. The van der Waals surface area contributed by atoms with Gasteiger partial charge in [-0.1, -0.05) is 12.2 Å². The van der Waals surface area contributed by atoms with Gasteiger partial charge in [-0.05, 0) is 18.2 Å². The molecule has 0 radical (unpaired) electrons. The lowest BCUT2D eigenvalue weighted by Gasteiger charge is -2.13. The first-order valence-corrected chi connectivity index (χ1v) is 6.17. The minimum atomic E-state index is 0.0127. The monoisotopic (exact) mass is 282 g/mol. The van der Waals surface area contributed by atoms with Gasteiger partial charge in [0.15, 0.2) is 11.5 Å². The minimum Gasteiger partial charge on any atom is -0.493 e. The standard InChI is InChI=1S/C13H18N2O3S/c1-15(2)12(16)6-7-18-10-5-4-9(13(14)19)8-11(10)17-3/h4-5,8H,6-7H2,1-3H3,(H2,14,19). The molecule has 0 spiro atoms. The molecule has 6 heteroatoms. The van der Waals surface area contributed by atoms with Gasteiger partial charge < -0.3 is 20.1 Å². The van der Waals surface area contributed by atoms with Crippen molar-refractivity contribution < 1.29 is 14.3 Å². The van der Waals surface area contributed by atoms with Gasteiger partial charge in [0.2, 0.25) is 5.91 Å². The van der Waals surface area contributed by atoms with Crippen LogP contribution >= 0.6 is 12.2 Å². The van der Waals surface area contributed by atoms with Crippen LogP contribution in [-0.2, 0) is 4.79 Å². The first kappa shape index (κ1) is 15.2. The van der Waals surface area contributed by atoms with Crippen LogP contribution in [0.15, 0.2) is 18.2 Å². The number of nitrogens with zero attached hydrogens (tertiary/aromatic N) is 1. The summed E-state index contributed by atoms with van der Waals surface area (Å²) in [6.45, 7) is 0.291. The molecule has 0 aliphatic rings. The van der Waals surface area contributed by atoms with Gasteiger partial charge in [0.25, 0.3) is 0 Å². The third kappa shape index (κ3) is 4.40. The molecule has 0 heterocycles. The van der Waals surface area contributed by atoms with Gasteiger partial charge in [-0.3, -0.25) is 4.79 Å². The fourth-order valence-corrected chi connectivity index (χ4v) is 1.54. The smallest absolute Gasteiger partial charge is 0.225 e. The van der Waals surface area contributed by atoms with Gasteiger partial charge in [0, 0.05) is 19.7 Å². The Morgan fingerprint density at radius 1 is 1.37 bits per heavy atom. The molecule has 0 unspecified atom stereocenters. The number of hydrogen-bond acceptors (Lipinski definition) is 4. The Morgan fingerprint density at radius 2 is 2.05 bits per heavy atom. The molecule has 19 heavy (non-hydrogen) atoms. The third-order valence-electron chi connectivity index (χ3n) is 2.52. The number of benzene rings is 1. The van der Waals surface area contributed by atoms with E-state index in [1.807, 2.05) is 0 Å². The maximum atomic E-state index is 11.4. The number of rotatable bonds is 6. The summed E-state index contributed by atoms with van der Waals surface area (Å²) in [7, 11) is 4.95. The lowest BCUT2D eigenvalue weighted by Crippen LogP contribution is -2.23. The molecule has 104 valence electrons. The summed E-state index contributed by atoms with van der Waals surface area (Å²) in [5, 5.41) is 0. The molecule has 0 saturated heterocycles. The second-order valence-corrected chi connectivity index (χ2v) is 4.56. The van der Waals surface area contributed by atoms with Crippen molar-refractivity contribution in [2.45, 2.75) is 6.42 Å². The molecule has 2 N–H and O–H groups in total. The topological polar surface area (TPSA) is 64.8 Å². The van der Waals surface area contributed by atoms with E-state index >= 15 is 0 Å². The van der Waals surface area contributed by atoms with E-state index < -0.39 is 0 Å². The Hall–Kier alpha value is -1.82. The summed E-state index contributed by atoms with van der Waals surface area (Å²) in [5.74, 6) is 1.12. The summed E-state index contributed by atoms with van der Waals surface area (Å²) >= 11 is 4.89. The molecular weight excluding hydrogens is 264 g/mol. The summed E-state index contributed by atoms with van der Waals surface area (Å²) in [5.41, 5.74) is 6.26. The first-order valence-electron chi connectivity index (χ1n) is 5.76. The highest BCUT2D eigenvalue weighted by Crippen LogP contribution is 2.28. The maximum absolute atomic E-state index is 11.4. The van der Waals surface area contributed by atoms with Crippen molar-refractivity contribution in [3.63, 3.8) is 0 Å². The van der Waals surface area contributed by atoms with Gasteiger partial charge >= 0.3 is 0 Å². The Bertz CT molecular complexity index is 475. The maximum Gasteiger partial charge on any atom is 0.225 e. The quantitative estimate of drug-likeness (QED) is 0.794. The largest absolute Gasteiger partial charge is 0.493 e. The van der Waals surface area contributed by atoms with Crippen LogP contribution in [0.2, 0.25) is 0 Å². The SMILES string of the molecule is COc1cc(C(N)=S)ccc1OCCC(=O)N(C)C. The lowest BCUT2D eigenvalue weighted by molar-refractivity contribution is -0.129. The van der Waals surface area contributed by atoms with Crippen molar-refractivity contribution in [1.82, 2.24) is 4.90 Å². The van der Waals surface area contributed by atoms with Crippen molar-refractivity contribution in [2.24, 2.45) is 5.73 Å². The van der Waals surface area contributed by atoms with Crippen LogP contribution < -0.4 is 15.2 Å². The van der Waals surface area contributed by atoms with Crippen LogP contribution in [0.25, 0.3) is 0 Å². The highest BCUT2D eigenvalue weighted by Gasteiger charge is 2.09. The molecule has 1 aromatic carbocycles. The van der Waals surface area contributed by atoms with Gasteiger partial charge in [0.1, 0.15) is 4.99 Å². The summed E-state index contributed by atoms with van der Waals surface area (Å²) in [6.07, 6.45) is 0.313. The highest BCUT2D eigenvalue weighted by molar-refractivity contribution is 7.80. The van der Waals surface area contributed by atoms with Crippen molar-refractivity contribution >= 4 is 23.1 Å². The predicted molar refractivity (Wildman–Crippen MR) is 77.7 cm³/mol. The van der Waals surface area contributed by atoms with E-state index in [1.165, 1.54) is 12.0 Å². The highest BCUT2D eigenvalue weighted by atomic mass is 32.1. The van der Waals surface area contributed by atoms with E-state index in [1.54, 1.807) is 32.3 Å². The molecule has 0 aliphatic carbocycles. The van der Waals surface area contributed by atoms with Gasteiger partial charge in [-0.25, -0.2) is 0 Å². The molecule has 5 nitrogen and oxygen atoms in total. The molecule has 0 fully saturated rings. The number of hydrogen-bond donors (Lipinski definition) is 1. The normalized spacial score (nSPS) is 9.84. The molecule has 0 aromatic heterocycles. The fourth-order valence-electron chi connectivity index (χ4n) is 1.41. The van der Waals surface area contributed by atoms with Crippen LogP contribution in [0.1, 0.15) is 12.0 Å². The molecule has 0 bridgehead atoms. The Balaban J connectivity index is 2.68. The molecule has 0 aliphatic heterocycles. The first-order chi connectivity index (χ1) is 8.95. The van der Waals surface area contributed by atoms with Crippen molar-refractivity contribution in [3.8, 4) is 11.5 Å². The average Bonchev–Trinajstić information content (AvgIpc) is 2.38. The Morgan fingerprint density at radius 3 is 2.58 bits per heavy atom. The zero-order valence-electron chi connectivity index (χ0n) is 11.3. The number of thiocarbonyl (C=S) groups is 1. The Labute approximate surface area is 118 Å².